The molecule has 0 spiro atoms. The summed E-state index contributed by atoms with van der Waals surface area (Å²) in [6, 6.07) is 26.7. The van der Waals surface area contributed by atoms with Gasteiger partial charge in [0.1, 0.15) is 5.60 Å². The quantitative estimate of drug-likeness (QED) is 0.208. The van der Waals surface area contributed by atoms with Crippen molar-refractivity contribution in [3.8, 4) is 11.9 Å². The first-order valence-corrected chi connectivity index (χ1v) is 13.2. The minimum atomic E-state index is -1.54. The molecule has 41 heavy (non-hydrogen) atoms. The van der Waals surface area contributed by atoms with Gasteiger partial charge in [-0.2, -0.15) is 4.98 Å². The molecule has 2 unspecified atom stereocenters. The van der Waals surface area contributed by atoms with Crippen LogP contribution < -0.4 is 9.47 Å². The number of carboxylic acid groups (broad SMARTS) is 2. The summed E-state index contributed by atoms with van der Waals surface area (Å²) < 4.78 is 17.9. The number of aryl methyl sites for hydroxylation is 2. The highest BCUT2D eigenvalue weighted by molar-refractivity contribution is 5.87. The van der Waals surface area contributed by atoms with Crippen LogP contribution in [0.2, 0.25) is 0 Å². The molecule has 0 aliphatic heterocycles. The van der Waals surface area contributed by atoms with Crippen molar-refractivity contribution < 1.29 is 34.0 Å². The smallest absolute Gasteiger partial charge is 0.348 e. The lowest BCUT2D eigenvalue weighted by atomic mass is 9.82. The maximum absolute atomic E-state index is 13.0. The van der Waals surface area contributed by atoms with E-state index < -0.39 is 23.6 Å². The molecule has 4 rings (SSSR count). The summed E-state index contributed by atoms with van der Waals surface area (Å²) in [6.07, 6.45) is 0.0271. The van der Waals surface area contributed by atoms with Crippen LogP contribution in [0.3, 0.4) is 0 Å². The zero-order valence-electron chi connectivity index (χ0n) is 22.9. The van der Waals surface area contributed by atoms with Gasteiger partial charge in [0.25, 0.3) is 0 Å². The minimum absolute atomic E-state index is 0.00522. The predicted molar refractivity (Wildman–Crippen MR) is 151 cm³/mol. The molecule has 0 fully saturated rings. The SMILES string of the molecule is COc1cc(C)nc(OC(C(=O)O)C(CCCc2ccccc2)(OCc2ccc(C(=O)O)cc2)c2ccccc2)n1. The molecule has 2 atom stereocenters. The number of rotatable bonds is 14. The molecule has 0 saturated heterocycles. The molecule has 3 aromatic carbocycles. The predicted octanol–water partition coefficient (Wildman–Crippen LogP) is 5.46. The number of nitrogens with zero attached hydrogens (tertiary/aromatic N) is 2. The molecule has 212 valence electrons. The lowest BCUT2D eigenvalue weighted by molar-refractivity contribution is -0.176. The summed E-state index contributed by atoms with van der Waals surface area (Å²) in [6.45, 7) is 1.74. The Balaban J connectivity index is 1.76. The van der Waals surface area contributed by atoms with Crippen LogP contribution >= 0.6 is 0 Å². The zero-order valence-corrected chi connectivity index (χ0v) is 22.9. The monoisotopic (exact) mass is 556 g/mol. The van der Waals surface area contributed by atoms with Crippen molar-refractivity contribution in [3.63, 3.8) is 0 Å². The molecule has 0 aliphatic carbocycles. The maximum Gasteiger partial charge on any atom is 0.348 e. The van der Waals surface area contributed by atoms with E-state index in [1.54, 1.807) is 25.1 Å². The highest BCUT2D eigenvalue weighted by Gasteiger charge is 2.48. The van der Waals surface area contributed by atoms with Crippen LogP contribution in [0.4, 0.5) is 0 Å². The summed E-state index contributed by atoms with van der Waals surface area (Å²) in [5.74, 6) is -2.05. The van der Waals surface area contributed by atoms with Crippen molar-refractivity contribution in [2.24, 2.45) is 0 Å². The molecule has 0 aliphatic rings. The number of benzene rings is 3. The van der Waals surface area contributed by atoms with Crippen molar-refractivity contribution >= 4 is 11.9 Å². The van der Waals surface area contributed by atoms with Crippen LogP contribution in [0.5, 0.6) is 11.9 Å². The number of aromatic carboxylic acids is 1. The van der Waals surface area contributed by atoms with Crippen molar-refractivity contribution in [2.45, 2.75) is 44.5 Å². The number of carboxylic acids is 2. The van der Waals surface area contributed by atoms with Crippen LogP contribution in [0.25, 0.3) is 0 Å². The van der Waals surface area contributed by atoms with Crippen molar-refractivity contribution in [3.05, 3.63) is 119 Å². The van der Waals surface area contributed by atoms with E-state index in [-0.39, 0.29) is 24.1 Å². The van der Waals surface area contributed by atoms with Crippen LogP contribution in [0, 0.1) is 6.92 Å². The Bertz CT molecular complexity index is 1450. The van der Waals surface area contributed by atoms with Crippen molar-refractivity contribution in [1.29, 1.82) is 0 Å². The second-order valence-electron chi connectivity index (χ2n) is 9.56. The lowest BCUT2D eigenvalue weighted by Crippen LogP contribution is -2.50. The topological polar surface area (TPSA) is 128 Å². The lowest BCUT2D eigenvalue weighted by Gasteiger charge is -2.38. The standard InChI is InChI=1S/C32H32N2O7/c1-22-20-27(39-2)34-31(33-22)41-28(30(37)38)32(26-13-7-4-8-14-26,19-9-12-23-10-5-3-6-11-23)40-21-24-15-17-25(18-16-24)29(35)36/h3-8,10-11,13-18,20,28H,9,12,19,21H2,1-2H3,(H,35,36)(H,37,38). The molecule has 0 radical (unpaired) electrons. The second kappa shape index (κ2) is 13.5. The normalized spacial score (nSPS) is 13.1. The highest BCUT2D eigenvalue weighted by atomic mass is 16.6. The molecule has 0 amide bonds. The number of methoxy groups -OCH3 is 1. The molecule has 4 aromatic rings. The Morgan fingerprint density at radius 1 is 0.878 bits per heavy atom. The van der Waals surface area contributed by atoms with E-state index >= 15 is 0 Å². The fourth-order valence-electron chi connectivity index (χ4n) is 4.65. The van der Waals surface area contributed by atoms with Crippen molar-refractivity contribution in [2.75, 3.05) is 7.11 Å². The van der Waals surface area contributed by atoms with E-state index in [4.69, 9.17) is 14.2 Å². The first kappa shape index (κ1) is 29.2. The van der Waals surface area contributed by atoms with E-state index in [1.807, 2.05) is 60.7 Å². The fourth-order valence-corrected chi connectivity index (χ4v) is 4.65. The van der Waals surface area contributed by atoms with Gasteiger partial charge >= 0.3 is 17.9 Å². The summed E-state index contributed by atoms with van der Waals surface area (Å²) in [5.41, 5.74) is 1.62. The number of carbonyl (C=O) groups is 2. The molecular formula is C32H32N2O7. The van der Waals surface area contributed by atoms with Gasteiger partial charge < -0.3 is 24.4 Å². The van der Waals surface area contributed by atoms with Gasteiger partial charge in [0.2, 0.25) is 12.0 Å². The van der Waals surface area contributed by atoms with Crippen LogP contribution in [-0.4, -0.2) is 45.3 Å². The number of hydrogen-bond donors (Lipinski definition) is 2. The maximum atomic E-state index is 13.0. The Morgan fingerprint density at radius 2 is 1.54 bits per heavy atom. The fraction of sp³-hybridized carbons (Fsp3) is 0.250. The third-order valence-corrected chi connectivity index (χ3v) is 6.71. The third-order valence-electron chi connectivity index (χ3n) is 6.71. The Hall–Kier alpha value is -4.76. The third kappa shape index (κ3) is 7.46. The molecule has 0 saturated carbocycles. The number of ether oxygens (including phenoxy) is 3. The first-order valence-electron chi connectivity index (χ1n) is 13.2. The van der Waals surface area contributed by atoms with E-state index in [1.165, 1.54) is 19.2 Å². The Labute approximate surface area is 238 Å². The van der Waals surface area contributed by atoms with Crippen LogP contribution in [-0.2, 0) is 28.2 Å². The molecular weight excluding hydrogens is 524 g/mol. The molecule has 9 heteroatoms. The largest absolute Gasteiger partial charge is 0.481 e. The number of aromatic nitrogens is 2. The van der Waals surface area contributed by atoms with E-state index in [0.29, 0.717) is 36.1 Å². The first-order chi connectivity index (χ1) is 19.8. The van der Waals surface area contributed by atoms with Gasteiger partial charge in [-0.15, -0.1) is 0 Å². The van der Waals surface area contributed by atoms with Gasteiger partial charge in [-0.3, -0.25) is 0 Å². The van der Waals surface area contributed by atoms with Gasteiger partial charge in [-0.25, -0.2) is 14.6 Å². The van der Waals surface area contributed by atoms with Crippen LogP contribution in [0.15, 0.2) is 91.0 Å². The summed E-state index contributed by atoms with van der Waals surface area (Å²) in [7, 11) is 1.46. The van der Waals surface area contributed by atoms with Gasteiger partial charge in [-0.1, -0.05) is 72.8 Å². The molecule has 0 bridgehead atoms. The Morgan fingerprint density at radius 3 is 2.15 bits per heavy atom. The molecule has 9 nitrogen and oxygen atoms in total. The zero-order chi connectivity index (χ0) is 29.2. The van der Waals surface area contributed by atoms with Gasteiger partial charge in [-0.05, 0) is 55.0 Å². The minimum Gasteiger partial charge on any atom is -0.481 e. The summed E-state index contributed by atoms with van der Waals surface area (Å²) in [4.78, 5) is 32.8. The van der Waals surface area contributed by atoms with E-state index in [9.17, 15) is 19.8 Å². The van der Waals surface area contributed by atoms with E-state index in [2.05, 4.69) is 9.97 Å². The summed E-state index contributed by atoms with van der Waals surface area (Å²) in [5, 5.41) is 19.9. The molecule has 2 N–H and O–H groups in total. The molecule has 1 heterocycles. The highest BCUT2D eigenvalue weighted by Crippen LogP contribution is 2.38. The van der Waals surface area contributed by atoms with Gasteiger partial charge in [0.05, 0.1) is 19.3 Å². The average Bonchev–Trinajstić information content (AvgIpc) is 2.98. The number of aliphatic carboxylic acids is 1. The van der Waals surface area contributed by atoms with Gasteiger partial charge in [0.15, 0.2) is 0 Å². The molecule has 1 aromatic heterocycles. The Kier molecular flexibility index (Phi) is 9.65. The van der Waals surface area contributed by atoms with Gasteiger partial charge in [0, 0.05) is 11.8 Å². The average molecular weight is 557 g/mol. The number of hydrogen-bond acceptors (Lipinski definition) is 7. The summed E-state index contributed by atoms with van der Waals surface area (Å²) >= 11 is 0. The van der Waals surface area contributed by atoms with Crippen molar-refractivity contribution in [1.82, 2.24) is 9.97 Å². The second-order valence-corrected chi connectivity index (χ2v) is 9.56. The van der Waals surface area contributed by atoms with E-state index in [0.717, 1.165) is 5.56 Å². The van der Waals surface area contributed by atoms with Crippen LogP contribution in [0.1, 0.15) is 45.6 Å².